The van der Waals surface area contributed by atoms with Crippen LogP contribution in [0.25, 0.3) is 0 Å². The number of hydrogen-bond donors (Lipinski definition) is 2. The fraction of sp³-hybridized carbons (Fsp3) is 0.619. The van der Waals surface area contributed by atoms with E-state index in [1.165, 1.54) is 18.1 Å². The summed E-state index contributed by atoms with van der Waals surface area (Å²) in [6.45, 7) is 3.85. The van der Waals surface area contributed by atoms with Gasteiger partial charge in [-0.25, -0.2) is 4.39 Å². The van der Waals surface area contributed by atoms with Crippen LogP contribution in [-0.2, 0) is 6.42 Å². The molecule has 0 spiro atoms. The Labute approximate surface area is 143 Å². The molecule has 24 heavy (non-hydrogen) atoms. The second-order valence-electron chi connectivity index (χ2n) is 8.58. The Balaban J connectivity index is 1.80. The van der Waals surface area contributed by atoms with Gasteiger partial charge in [0.2, 0.25) is 0 Å². The van der Waals surface area contributed by atoms with Gasteiger partial charge in [0.15, 0.2) is 0 Å². The van der Waals surface area contributed by atoms with Crippen molar-refractivity contribution >= 4 is 0 Å². The number of halogens is 1. The highest BCUT2D eigenvalue weighted by molar-refractivity contribution is 5.41. The first-order chi connectivity index (χ1) is 11.4. The minimum atomic E-state index is -0.212. The van der Waals surface area contributed by atoms with Crippen LogP contribution in [0.4, 0.5) is 4.39 Å². The Kier molecular flexibility index (Phi) is 3.76. The van der Waals surface area contributed by atoms with Gasteiger partial charge in [0.25, 0.3) is 0 Å². The van der Waals surface area contributed by atoms with Crippen LogP contribution in [0.1, 0.15) is 56.6 Å². The smallest absolute Gasteiger partial charge is 0.115 e. The Morgan fingerprint density at radius 2 is 2.17 bits per heavy atom. The molecule has 0 radical (unpaired) electrons. The third-order valence-corrected chi connectivity index (χ3v) is 7.00. The normalized spacial score (nSPS) is 41.5. The Hall–Kier alpha value is -1.35. The summed E-state index contributed by atoms with van der Waals surface area (Å²) in [4.78, 5) is 0. The molecule has 1 aromatic rings. The molecule has 2 fully saturated rings. The molecule has 0 bridgehead atoms. The lowest BCUT2D eigenvalue weighted by molar-refractivity contribution is 0.0386. The highest BCUT2D eigenvalue weighted by atomic mass is 19.1. The van der Waals surface area contributed by atoms with Crippen LogP contribution < -0.4 is 0 Å². The summed E-state index contributed by atoms with van der Waals surface area (Å²) >= 11 is 0. The van der Waals surface area contributed by atoms with Crippen molar-refractivity contribution in [2.24, 2.45) is 23.2 Å². The van der Waals surface area contributed by atoms with Gasteiger partial charge in [-0.1, -0.05) is 13.0 Å². The fourth-order valence-corrected chi connectivity index (χ4v) is 6.16. The molecule has 0 saturated heterocycles. The Morgan fingerprint density at radius 1 is 1.38 bits per heavy atom. The molecule has 0 amide bonds. The monoisotopic (exact) mass is 330 g/mol. The third kappa shape index (κ3) is 2.48. The van der Waals surface area contributed by atoms with Crippen LogP contribution >= 0.6 is 0 Å². The standard InChI is InChI=1S/C21H27FO2/c1-12(22)7-14-8-13-9-15(23)3-4-17(13)18-5-6-21(2)11-16(24)10-19(21)20(14)18/h3-4,7,9,14,16,18-20,23-24H,5-6,8,10-11H2,1-2H3/t14-,16-,18-,19+,20-,21-/m1/s1. The minimum absolute atomic E-state index is 0.117. The molecule has 0 unspecified atom stereocenters. The predicted octanol–water partition coefficient (Wildman–Crippen LogP) is 4.71. The summed E-state index contributed by atoms with van der Waals surface area (Å²) in [6.07, 6.45) is 6.32. The van der Waals surface area contributed by atoms with E-state index < -0.39 is 0 Å². The molecule has 6 atom stereocenters. The van der Waals surface area contributed by atoms with E-state index in [4.69, 9.17) is 0 Å². The third-order valence-electron chi connectivity index (χ3n) is 7.00. The van der Waals surface area contributed by atoms with E-state index in [9.17, 15) is 14.6 Å². The first-order valence-corrected chi connectivity index (χ1v) is 9.21. The maximum Gasteiger partial charge on any atom is 0.115 e. The van der Waals surface area contributed by atoms with Crippen LogP contribution in [0.5, 0.6) is 5.75 Å². The molecule has 2 N–H and O–H groups in total. The van der Waals surface area contributed by atoms with Gasteiger partial charge in [0, 0.05) is 0 Å². The maximum atomic E-state index is 13.8. The molecule has 2 nitrogen and oxygen atoms in total. The number of fused-ring (bicyclic) bond motifs is 5. The number of allylic oxidation sites excluding steroid dienone is 2. The molecule has 0 aliphatic heterocycles. The molecule has 1 aromatic carbocycles. The van der Waals surface area contributed by atoms with E-state index in [-0.39, 0.29) is 23.3 Å². The molecule has 0 heterocycles. The van der Waals surface area contributed by atoms with Gasteiger partial charge < -0.3 is 10.2 Å². The molecule has 4 rings (SSSR count). The first kappa shape index (κ1) is 16.1. The highest BCUT2D eigenvalue weighted by Crippen LogP contribution is 2.62. The van der Waals surface area contributed by atoms with Crippen molar-refractivity contribution in [3.8, 4) is 5.75 Å². The van der Waals surface area contributed by atoms with Crippen molar-refractivity contribution in [3.63, 3.8) is 0 Å². The molecule has 3 aliphatic rings. The van der Waals surface area contributed by atoms with E-state index in [2.05, 4.69) is 13.0 Å². The van der Waals surface area contributed by atoms with Gasteiger partial charge in [-0.2, -0.15) is 0 Å². The largest absolute Gasteiger partial charge is 0.508 e. The number of benzene rings is 1. The van der Waals surface area contributed by atoms with Crippen LogP contribution in [0.15, 0.2) is 30.1 Å². The number of phenolic OH excluding ortho intramolecular Hbond substituents is 1. The lowest BCUT2D eigenvalue weighted by Gasteiger charge is -2.51. The number of hydrogen-bond acceptors (Lipinski definition) is 2. The SMILES string of the molecule is CC(F)=C[C@@H]1Cc2cc(O)ccc2[C@H]2CC[C@]3(C)C[C@H](O)C[C@H]3[C@H]12. The van der Waals surface area contributed by atoms with Gasteiger partial charge in [0.05, 0.1) is 11.9 Å². The lowest BCUT2D eigenvalue weighted by Crippen LogP contribution is -2.43. The highest BCUT2D eigenvalue weighted by Gasteiger charge is 2.54. The van der Waals surface area contributed by atoms with E-state index in [1.54, 1.807) is 12.1 Å². The Bertz CT molecular complexity index is 678. The summed E-state index contributed by atoms with van der Waals surface area (Å²) in [5.74, 6) is 1.59. The van der Waals surface area contributed by atoms with Crippen LogP contribution in [0.3, 0.4) is 0 Å². The number of aromatic hydroxyl groups is 1. The zero-order chi connectivity index (χ0) is 17.1. The predicted molar refractivity (Wildman–Crippen MR) is 92.5 cm³/mol. The average Bonchev–Trinajstić information content (AvgIpc) is 2.80. The summed E-state index contributed by atoms with van der Waals surface area (Å²) < 4.78 is 13.8. The van der Waals surface area contributed by atoms with Gasteiger partial charge in [-0.15, -0.1) is 0 Å². The molecular formula is C21H27FO2. The van der Waals surface area contributed by atoms with Gasteiger partial charge in [-0.3, -0.25) is 0 Å². The number of aliphatic hydroxyl groups excluding tert-OH is 1. The number of aliphatic hydroxyl groups is 1. The second-order valence-corrected chi connectivity index (χ2v) is 8.58. The quantitative estimate of drug-likeness (QED) is 0.783. The van der Waals surface area contributed by atoms with Crippen molar-refractivity contribution in [2.75, 3.05) is 0 Å². The van der Waals surface area contributed by atoms with Gasteiger partial charge >= 0.3 is 0 Å². The van der Waals surface area contributed by atoms with Crippen molar-refractivity contribution in [3.05, 3.63) is 41.2 Å². The fourth-order valence-electron chi connectivity index (χ4n) is 6.16. The van der Waals surface area contributed by atoms with E-state index in [1.807, 2.05) is 6.07 Å². The zero-order valence-corrected chi connectivity index (χ0v) is 14.5. The molecular weight excluding hydrogens is 303 g/mol. The van der Waals surface area contributed by atoms with Gasteiger partial charge in [-0.05, 0) is 97.5 Å². The molecule has 2 saturated carbocycles. The van der Waals surface area contributed by atoms with E-state index >= 15 is 0 Å². The van der Waals surface area contributed by atoms with E-state index in [0.29, 0.717) is 23.5 Å². The first-order valence-electron chi connectivity index (χ1n) is 9.21. The van der Waals surface area contributed by atoms with Gasteiger partial charge in [0.1, 0.15) is 5.75 Å². The second kappa shape index (κ2) is 5.59. The van der Waals surface area contributed by atoms with Crippen molar-refractivity contribution < 1.29 is 14.6 Å². The lowest BCUT2D eigenvalue weighted by atomic mass is 9.53. The zero-order valence-electron chi connectivity index (χ0n) is 14.5. The van der Waals surface area contributed by atoms with Crippen LogP contribution in [-0.4, -0.2) is 16.3 Å². The minimum Gasteiger partial charge on any atom is -0.508 e. The van der Waals surface area contributed by atoms with Crippen LogP contribution in [0, 0.1) is 23.2 Å². The summed E-state index contributed by atoms with van der Waals surface area (Å²) in [5, 5.41) is 20.1. The topological polar surface area (TPSA) is 40.5 Å². The summed E-state index contributed by atoms with van der Waals surface area (Å²) in [5.41, 5.74) is 2.69. The molecule has 3 heteroatoms. The molecule has 0 aromatic heterocycles. The molecule has 130 valence electrons. The maximum absolute atomic E-state index is 13.8. The summed E-state index contributed by atoms with van der Waals surface area (Å²) in [7, 11) is 0. The molecule has 3 aliphatic carbocycles. The van der Waals surface area contributed by atoms with Crippen molar-refractivity contribution in [1.29, 1.82) is 0 Å². The summed E-state index contributed by atoms with van der Waals surface area (Å²) in [6, 6.07) is 5.71. The van der Waals surface area contributed by atoms with E-state index in [0.717, 1.165) is 32.1 Å². The van der Waals surface area contributed by atoms with Crippen LogP contribution in [0.2, 0.25) is 0 Å². The average molecular weight is 330 g/mol. The van der Waals surface area contributed by atoms with Crippen molar-refractivity contribution in [1.82, 2.24) is 0 Å². The number of phenols is 1. The van der Waals surface area contributed by atoms with Crippen molar-refractivity contribution in [2.45, 2.75) is 58.0 Å². The Morgan fingerprint density at radius 3 is 2.92 bits per heavy atom. The number of rotatable bonds is 1.